The highest BCUT2D eigenvalue weighted by Gasteiger charge is 2.37. The summed E-state index contributed by atoms with van der Waals surface area (Å²) < 4.78 is 0. The van der Waals surface area contributed by atoms with Crippen LogP contribution in [-0.4, -0.2) is 90.5 Å². The third-order valence-corrected chi connectivity index (χ3v) is 7.20. The molecule has 154 valence electrons. The van der Waals surface area contributed by atoms with Crippen molar-refractivity contribution in [3.05, 3.63) is 35.4 Å². The normalized spacial score (nSPS) is 24.6. The van der Waals surface area contributed by atoms with Crippen molar-refractivity contribution in [1.29, 1.82) is 0 Å². The number of hydrogen-bond acceptors (Lipinski definition) is 4. The van der Waals surface area contributed by atoms with Crippen LogP contribution in [0.15, 0.2) is 24.3 Å². The molecule has 0 N–H and O–H groups in total. The summed E-state index contributed by atoms with van der Waals surface area (Å²) in [6.45, 7) is 12.2. The average Bonchev–Trinajstić information content (AvgIpc) is 3.26. The minimum absolute atomic E-state index is 0.203. The lowest BCUT2D eigenvalue weighted by molar-refractivity contribution is 0.0406. The van der Waals surface area contributed by atoms with Gasteiger partial charge in [-0.05, 0) is 70.4 Å². The molecule has 3 heterocycles. The van der Waals surface area contributed by atoms with E-state index in [4.69, 9.17) is 0 Å². The molecule has 0 aliphatic carbocycles. The summed E-state index contributed by atoms with van der Waals surface area (Å²) in [7, 11) is 2.19. The number of rotatable bonds is 4. The van der Waals surface area contributed by atoms with Crippen LogP contribution in [0.25, 0.3) is 0 Å². The van der Waals surface area contributed by atoms with E-state index in [0.717, 1.165) is 64.2 Å². The second-order valence-electron chi connectivity index (χ2n) is 9.26. The molecule has 0 bridgehead atoms. The van der Waals surface area contributed by atoms with Gasteiger partial charge in [-0.25, -0.2) is 0 Å². The topological polar surface area (TPSA) is 30.0 Å². The molecule has 28 heavy (non-hydrogen) atoms. The molecule has 0 aromatic heterocycles. The van der Waals surface area contributed by atoms with Crippen LogP contribution in [0.3, 0.4) is 0 Å². The van der Waals surface area contributed by atoms with Gasteiger partial charge in [0, 0.05) is 56.9 Å². The lowest BCUT2D eigenvalue weighted by Crippen LogP contribution is -2.53. The first kappa shape index (κ1) is 19.9. The molecule has 5 nitrogen and oxygen atoms in total. The fourth-order valence-electron chi connectivity index (χ4n) is 4.96. The highest BCUT2D eigenvalue weighted by molar-refractivity contribution is 5.94. The van der Waals surface area contributed by atoms with Crippen LogP contribution in [-0.2, 0) is 6.54 Å². The molecule has 5 heteroatoms. The van der Waals surface area contributed by atoms with Crippen LogP contribution in [0.4, 0.5) is 0 Å². The van der Waals surface area contributed by atoms with Crippen LogP contribution in [0.2, 0.25) is 0 Å². The first-order chi connectivity index (χ1) is 13.5. The maximum absolute atomic E-state index is 13.0. The molecule has 3 fully saturated rings. The van der Waals surface area contributed by atoms with Crippen molar-refractivity contribution in [3.8, 4) is 0 Å². The second-order valence-corrected chi connectivity index (χ2v) is 9.26. The number of likely N-dealkylation sites (N-methyl/N-ethyl adjacent to an activating group) is 1. The first-order valence-corrected chi connectivity index (χ1v) is 11.1. The SMILES string of the molecule is CN1CCN(Cc2ccc(C(=O)N3CCC(C)(N4CCCC4)CC3)cc2)CC1. The van der Waals surface area contributed by atoms with Gasteiger partial charge in [0.15, 0.2) is 0 Å². The minimum atomic E-state index is 0.203. The Bertz CT molecular complexity index is 652. The number of carbonyl (C=O) groups is 1. The van der Waals surface area contributed by atoms with Crippen LogP contribution < -0.4 is 0 Å². The van der Waals surface area contributed by atoms with Crippen LogP contribution >= 0.6 is 0 Å². The van der Waals surface area contributed by atoms with Crippen LogP contribution in [0.5, 0.6) is 0 Å². The highest BCUT2D eigenvalue weighted by Crippen LogP contribution is 2.32. The summed E-state index contributed by atoms with van der Waals surface area (Å²) in [5.74, 6) is 0.203. The minimum Gasteiger partial charge on any atom is -0.339 e. The fourth-order valence-corrected chi connectivity index (χ4v) is 4.96. The zero-order valence-corrected chi connectivity index (χ0v) is 17.7. The lowest BCUT2D eigenvalue weighted by atomic mass is 9.87. The number of piperidine rings is 1. The zero-order chi connectivity index (χ0) is 19.6. The van der Waals surface area contributed by atoms with E-state index in [-0.39, 0.29) is 5.91 Å². The van der Waals surface area contributed by atoms with E-state index >= 15 is 0 Å². The molecule has 0 atom stereocenters. The molecule has 0 radical (unpaired) electrons. The number of hydrogen-bond donors (Lipinski definition) is 0. The van der Waals surface area contributed by atoms with Gasteiger partial charge in [0.25, 0.3) is 5.91 Å². The number of amides is 1. The van der Waals surface area contributed by atoms with Gasteiger partial charge >= 0.3 is 0 Å². The quantitative estimate of drug-likeness (QED) is 0.798. The number of carbonyl (C=O) groups excluding carboxylic acids is 1. The predicted molar refractivity (Wildman–Crippen MR) is 114 cm³/mol. The molecule has 0 saturated carbocycles. The summed E-state index contributed by atoms with van der Waals surface area (Å²) >= 11 is 0. The zero-order valence-electron chi connectivity index (χ0n) is 17.7. The Hall–Kier alpha value is -1.43. The Kier molecular flexibility index (Phi) is 6.04. The molecule has 0 spiro atoms. The van der Waals surface area contributed by atoms with Crippen molar-refractivity contribution in [1.82, 2.24) is 19.6 Å². The standard InChI is InChI=1S/C23H36N4O/c1-23(27-11-3-4-12-27)9-13-26(14-10-23)22(28)21-7-5-20(6-8-21)19-25-17-15-24(2)16-18-25/h5-8H,3-4,9-19H2,1-2H3. The van der Waals surface area contributed by atoms with Gasteiger partial charge in [0.1, 0.15) is 0 Å². The van der Waals surface area contributed by atoms with Crippen molar-refractivity contribution in [2.45, 2.75) is 44.7 Å². The Labute approximate surface area is 170 Å². The van der Waals surface area contributed by atoms with E-state index in [0.29, 0.717) is 5.54 Å². The van der Waals surface area contributed by atoms with E-state index in [1.165, 1.54) is 31.5 Å². The molecular weight excluding hydrogens is 348 g/mol. The maximum Gasteiger partial charge on any atom is 0.253 e. The number of likely N-dealkylation sites (tertiary alicyclic amines) is 2. The van der Waals surface area contributed by atoms with Crippen LogP contribution in [0, 0.1) is 0 Å². The van der Waals surface area contributed by atoms with E-state index in [1.54, 1.807) is 0 Å². The Morgan fingerprint density at radius 1 is 0.893 bits per heavy atom. The molecule has 3 saturated heterocycles. The Balaban J connectivity index is 1.30. The third kappa shape index (κ3) is 4.42. The monoisotopic (exact) mass is 384 g/mol. The van der Waals surface area contributed by atoms with Crippen molar-refractivity contribution < 1.29 is 4.79 Å². The number of benzene rings is 1. The van der Waals surface area contributed by atoms with Gasteiger partial charge < -0.3 is 9.80 Å². The second kappa shape index (κ2) is 8.52. The molecule has 1 aromatic rings. The van der Waals surface area contributed by atoms with Gasteiger partial charge in [-0.1, -0.05) is 12.1 Å². The summed E-state index contributed by atoms with van der Waals surface area (Å²) in [6, 6.07) is 8.34. The summed E-state index contributed by atoms with van der Waals surface area (Å²) in [4.78, 5) is 22.6. The van der Waals surface area contributed by atoms with Gasteiger partial charge in [0.2, 0.25) is 0 Å². The van der Waals surface area contributed by atoms with Crippen LogP contribution in [0.1, 0.15) is 48.5 Å². The van der Waals surface area contributed by atoms with Crippen molar-refractivity contribution in [2.24, 2.45) is 0 Å². The molecule has 1 aromatic carbocycles. The van der Waals surface area contributed by atoms with Gasteiger partial charge in [-0.2, -0.15) is 0 Å². The van der Waals surface area contributed by atoms with Crippen molar-refractivity contribution >= 4 is 5.91 Å². The molecule has 3 aliphatic rings. The predicted octanol–water partition coefficient (Wildman–Crippen LogP) is 2.52. The summed E-state index contributed by atoms with van der Waals surface area (Å²) in [6.07, 6.45) is 4.86. The largest absolute Gasteiger partial charge is 0.339 e. The summed E-state index contributed by atoms with van der Waals surface area (Å²) in [5, 5.41) is 0. The smallest absolute Gasteiger partial charge is 0.253 e. The van der Waals surface area contributed by atoms with Gasteiger partial charge in [0.05, 0.1) is 0 Å². The molecular formula is C23H36N4O. The Morgan fingerprint density at radius 2 is 1.50 bits per heavy atom. The van der Waals surface area contributed by atoms with E-state index in [9.17, 15) is 4.79 Å². The number of piperazine rings is 1. The van der Waals surface area contributed by atoms with Crippen molar-refractivity contribution in [2.75, 3.05) is 59.4 Å². The first-order valence-electron chi connectivity index (χ1n) is 11.1. The maximum atomic E-state index is 13.0. The number of nitrogens with zero attached hydrogens (tertiary/aromatic N) is 4. The van der Waals surface area contributed by atoms with E-state index in [2.05, 4.69) is 45.7 Å². The third-order valence-electron chi connectivity index (χ3n) is 7.20. The fraction of sp³-hybridized carbons (Fsp3) is 0.696. The Morgan fingerprint density at radius 3 is 2.11 bits per heavy atom. The van der Waals surface area contributed by atoms with E-state index in [1.807, 2.05) is 12.1 Å². The molecule has 1 amide bonds. The van der Waals surface area contributed by atoms with Gasteiger partial charge in [-0.3, -0.25) is 14.6 Å². The highest BCUT2D eigenvalue weighted by atomic mass is 16.2. The van der Waals surface area contributed by atoms with Gasteiger partial charge in [-0.15, -0.1) is 0 Å². The average molecular weight is 385 g/mol. The van der Waals surface area contributed by atoms with E-state index < -0.39 is 0 Å². The summed E-state index contributed by atoms with van der Waals surface area (Å²) in [5.41, 5.74) is 2.44. The molecule has 4 rings (SSSR count). The molecule has 3 aliphatic heterocycles. The van der Waals surface area contributed by atoms with Crippen molar-refractivity contribution in [3.63, 3.8) is 0 Å². The molecule has 0 unspecified atom stereocenters. The lowest BCUT2D eigenvalue weighted by Gasteiger charge is -2.45.